The van der Waals surface area contributed by atoms with Gasteiger partial charge in [0.05, 0.1) is 10.0 Å². The van der Waals surface area contributed by atoms with E-state index in [2.05, 4.69) is 35.6 Å². The fourth-order valence-corrected chi connectivity index (χ4v) is 2.43. The van der Waals surface area contributed by atoms with Gasteiger partial charge in [-0.25, -0.2) is 0 Å². The van der Waals surface area contributed by atoms with E-state index >= 15 is 0 Å². The van der Waals surface area contributed by atoms with Gasteiger partial charge < -0.3 is 5.32 Å². The van der Waals surface area contributed by atoms with E-state index in [0.717, 1.165) is 19.5 Å². The summed E-state index contributed by atoms with van der Waals surface area (Å²) in [4.78, 5) is 0. The summed E-state index contributed by atoms with van der Waals surface area (Å²) < 4.78 is 0. The summed E-state index contributed by atoms with van der Waals surface area (Å²) in [6, 6.07) is 16.4. The van der Waals surface area contributed by atoms with Crippen molar-refractivity contribution < 1.29 is 0 Å². The number of aryl methyl sites for hydroxylation is 1. The third-order valence-corrected chi connectivity index (χ3v) is 3.96. The Kier molecular flexibility index (Phi) is 6.38. The van der Waals surface area contributed by atoms with Crippen LogP contribution in [0.4, 0.5) is 0 Å². The molecule has 0 fully saturated rings. The van der Waals surface area contributed by atoms with Crippen molar-refractivity contribution in [1.29, 1.82) is 0 Å². The van der Waals surface area contributed by atoms with E-state index in [-0.39, 0.29) is 0 Å². The quantitative estimate of drug-likeness (QED) is 0.701. The predicted octanol–water partition coefficient (Wildman–Crippen LogP) is 5.11. The first-order valence-electron chi connectivity index (χ1n) is 6.94. The lowest BCUT2D eigenvalue weighted by atomic mass is 10.1. The minimum atomic E-state index is 0.610. The molecule has 0 unspecified atom stereocenters. The van der Waals surface area contributed by atoms with Gasteiger partial charge in [0.15, 0.2) is 0 Å². The summed E-state index contributed by atoms with van der Waals surface area (Å²) in [6.45, 7) is 1.86. The Labute approximate surface area is 130 Å². The number of benzene rings is 2. The molecule has 0 saturated heterocycles. The molecule has 0 aliphatic rings. The van der Waals surface area contributed by atoms with Crippen LogP contribution in [0.5, 0.6) is 0 Å². The molecule has 0 atom stereocenters. The van der Waals surface area contributed by atoms with Crippen LogP contribution in [-0.2, 0) is 13.0 Å². The molecule has 2 aromatic rings. The summed E-state index contributed by atoms with van der Waals surface area (Å²) in [5, 5.41) is 4.66. The minimum Gasteiger partial charge on any atom is -0.313 e. The number of hydrogen-bond acceptors (Lipinski definition) is 1. The maximum Gasteiger partial charge on any atom is 0.0595 e. The molecule has 0 aliphatic heterocycles. The molecule has 20 heavy (non-hydrogen) atoms. The average Bonchev–Trinajstić information content (AvgIpc) is 2.47. The molecule has 0 amide bonds. The molecule has 2 rings (SSSR count). The predicted molar refractivity (Wildman–Crippen MR) is 87.5 cm³/mol. The lowest BCUT2D eigenvalue weighted by molar-refractivity contribution is 0.623. The van der Waals surface area contributed by atoms with E-state index in [1.807, 2.05) is 18.2 Å². The summed E-state index contributed by atoms with van der Waals surface area (Å²) in [5.74, 6) is 0. The van der Waals surface area contributed by atoms with Gasteiger partial charge in [-0.2, -0.15) is 0 Å². The number of nitrogens with one attached hydrogen (secondary N) is 1. The number of halogens is 2. The molecule has 0 radical (unpaired) electrons. The summed E-state index contributed by atoms with van der Waals surface area (Å²) in [7, 11) is 0. The number of rotatable bonds is 7. The van der Waals surface area contributed by atoms with Gasteiger partial charge in [-0.05, 0) is 49.1 Å². The molecule has 0 aliphatic carbocycles. The van der Waals surface area contributed by atoms with E-state index < -0.39 is 0 Å². The molecule has 0 saturated carbocycles. The van der Waals surface area contributed by atoms with Gasteiger partial charge in [0.25, 0.3) is 0 Å². The average molecular weight is 308 g/mol. The summed E-state index contributed by atoms with van der Waals surface area (Å²) >= 11 is 11.9. The van der Waals surface area contributed by atoms with Gasteiger partial charge in [-0.15, -0.1) is 0 Å². The second-order valence-corrected chi connectivity index (χ2v) is 5.68. The van der Waals surface area contributed by atoms with Crippen molar-refractivity contribution in [3.8, 4) is 0 Å². The molecule has 0 bridgehead atoms. The van der Waals surface area contributed by atoms with Crippen LogP contribution >= 0.6 is 23.2 Å². The van der Waals surface area contributed by atoms with Crippen LogP contribution in [0.2, 0.25) is 10.0 Å². The third kappa shape index (κ3) is 5.16. The van der Waals surface area contributed by atoms with Crippen LogP contribution in [0, 0.1) is 0 Å². The van der Waals surface area contributed by atoms with Crippen LogP contribution in [-0.4, -0.2) is 6.54 Å². The van der Waals surface area contributed by atoms with Crippen molar-refractivity contribution in [2.45, 2.75) is 25.8 Å². The van der Waals surface area contributed by atoms with Gasteiger partial charge in [-0.3, -0.25) is 0 Å². The van der Waals surface area contributed by atoms with E-state index in [9.17, 15) is 0 Å². The highest BCUT2D eigenvalue weighted by Crippen LogP contribution is 2.22. The van der Waals surface area contributed by atoms with E-state index in [1.165, 1.54) is 24.0 Å². The van der Waals surface area contributed by atoms with Gasteiger partial charge >= 0.3 is 0 Å². The zero-order chi connectivity index (χ0) is 14.2. The first kappa shape index (κ1) is 15.4. The van der Waals surface area contributed by atoms with Gasteiger partial charge in [0, 0.05) is 6.54 Å². The lowest BCUT2D eigenvalue weighted by Crippen LogP contribution is -2.14. The zero-order valence-electron chi connectivity index (χ0n) is 11.4. The van der Waals surface area contributed by atoms with Crippen LogP contribution in [0.25, 0.3) is 0 Å². The van der Waals surface area contributed by atoms with Crippen molar-refractivity contribution in [3.63, 3.8) is 0 Å². The second kappa shape index (κ2) is 8.31. The van der Waals surface area contributed by atoms with E-state index in [4.69, 9.17) is 23.2 Å². The summed E-state index contributed by atoms with van der Waals surface area (Å²) in [5.41, 5.74) is 2.58. The van der Waals surface area contributed by atoms with Crippen molar-refractivity contribution in [2.75, 3.05) is 6.54 Å². The van der Waals surface area contributed by atoms with Crippen molar-refractivity contribution in [2.24, 2.45) is 0 Å². The Morgan fingerprint density at radius 2 is 1.60 bits per heavy atom. The Hall–Kier alpha value is -1.02. The normalized spacial score (nSPS) is 10.7. The molecule has 1 N–H and O–H groups in total. The highest BCUT2D eigenvalue weighted by atomic mass is 35.5. The number of hydrogen-bond donors (Lipinski definition) is 1. The van der Waals surface area contributed by atoms with Gasteiger partial charge in [0.1, 0.15) is 0 Å². The Morgan fingerprint density at radius 1 is 0.800 bits per heavy atom. The van der Waals surface area contributed by atoms with Crippen LogP contribution in [0.3, 0.4) is 0 Å². The van der Waals surface area contributed by atoms with Crippen molar-refractivity contribution >= 4 is 23.2 Å². The van der Waals surface area contributed by atoms with Crippen molar-refractivity contribution in [1.82, 2.24) is 5.32 Å². The molecule has 0 aromatic heterocycles. The fourth-order valence-electron chi connectivity index (χ4n) is 2.11. The lowest BCUT2D eigenvalue weighted by Gasteiger charge is -2.06. The first-order chi connectivity index (χ1) is 9.75. The van der Waals surface area contributed by atoms with Crippen LogP contribution in [0.15, 0.2) is 48.5 Å². The van der Waals surface area contributed by atoms with E-state index in [1.54, 1.807) is 0 Å². The Bertz CT molecular complexity index is 526. The fraction of sp³-hybridized carbons (Fsp3) is 0.294. The Morgan fingerprint density at radius 3 is 2.35 bits per heavy atom. The smallest absolute Gasteiger partial charge is 0.0595 e. The first-order valence-corrected chi connectivity index (χ1v) is 7.70. The van der Waals surface area contributed by atoms with E-state index in [0.29, 0.717) is 10.0 Å². The standard InChI is InChI=1S/C17H19Cl2N/c18-16-10-9-15(12-17(16)19)13-20-11-5-4-8-14-6-2-1-3-7-14/h1-3,6-7,9-10,12,20H,4-5,8,11,13H2. The second-order valence-electron chi connectivity index (χ2n) is 4.87. The minimum absolute atomic E-state index is 0.610. The molecular formula is C17H19Cl2N. The van der Waals surface area contributed by atoms with Gasteiger partial charge in [0.2, 0.25) is 0 Å². The molecule has 1 nitrogen and oxygen atoms in total. The highest BCUT2D eigenvalue weighted by molar-refractivity contribution is 6.42. The monoisotopic (exact) mass is 307 g/mol. The van der Waals surface area contributed by atoms with Crippen LogP contribution < -0.4 is 5.32 Å². The third-order valence-electron chi connectivity index (χ3n) is 3.22. The molecular weight excluding hydrogens is 289 g/mol. The molecule has 106 valence electrons. The number of unbranched alkanes of at least 4 members (excludes halogenated alkanes) is 1. The largest absolute Gasteiger partial charge is 0.313 e. The molecule has 2 aromatic carbocycles. The topological polar surface area (TPSA) is 12.0 Å². The zero-order valence-corrected chi connectivity index (χ0v) is 12.9. The summed E-state index contributed by atoms with van der Waals surface area (Å²) in [6.07, 6.45) is 3.53. The Balaban J connectivity index is 1.61. The molecule has 0 spiro atoms. The van der Waals surface area contributed by atoms with Gasteiger partial charge in [-0.1, -0.05) is 59.6 Å². The maximum atomic E-state index is 5.98. The van der Waals surface area contributed by atoms with Crippen LogP contribution in [0.1, 0.15) is 24.0 Å². The SMILES string of the molecule is Clc1ccc(CNCCCCc2ccccc2)cc1Cl. The highest BCUT2D eigenvalue weighted by Gasteiger charge is 1.99. The molecule has 3 heteroatoms. The molecule has 0 heterocycles. The van der Waals surface area contributed by atoms with Crippen molar-refractivity contribution in [3.05, 3.63) is 69.7 Å². The maximum absolute atomic E-state index is 5.98.